The number of carbonyl (C=O) groups excluding carboxylic acids is 2. The molecule has 0 saturated heterocycles. The van der Waals surface area contributed by atoms with Gasteiger partial charge in [0.15, 0.2) is 0 Å². The number of aryl methyl sites for hydroxylation is 2. The zero-order valence-corrected chi connectivity index (χ0v) is 20.9. The first-order valence-electron chi connectivity index (χ1n) is 11.5. The van der Waals surface area contributed by atoms with Crippen molar-refractivity contribution in [3.8, 4) is 0 Å². The number of carbonyl (C=O) groups is 2. The molecular formula is C27H30N2O6. The van der Waals surface area contributed by atoms with E-state index in [1.807, 2.05) is 36.9 Å². The predicted octanol–water partition coefficient (Wildman–Crippen LogP) is 5.49. The third kappa shape index (κ3) is 5.11. The maximum atomic E-state index is 13.3. The number of benzene rings is 2. The summed E-state index contributed by atoms with van der Waals surface area (Å²) in [6, 6.07) is 11.9. The second-order valence-electron chi connectivity index (χ2n) is 8.41. The van der Waals surface area contributed by atoms with Gasteiger partial charge in [0.25, 0.3) is 5.69 Å². The Morgan fingerprint density at radius 1 is 0.886 bits per heavy atom. The minimum Gasteiger partial charge on any atom is -0.463 e. The van der Waals surface area contributed by atoms with E-state index in [2.05, 4.69) is 0 Å². The Labute approximate surface area is 205 Å². The van der Waals surface area contributed by atoms with Gasteiger partial charge in [0.2, 0.25) is 0 Å². The lowest BCUT2D eigenvalue weighted by molar-refractivity contribution is -0.384. The highest BCUT2D eigenvalue weighted by Gasteiger charge is 2.41. The van der Waals surface area contributed by atoms with E-state index in [9.17, 15) is 19.7 Å². The van der Waals surface area contributed by atoms with Gasteiger partial charge in [-0.05, 0) is 70.4 Å². The van der Waals surface area contributed by atoms with Crippen molar-refractivity contribution in [2.75, 3.05) is 18.1 Å². The van der Waals surface area contributed by atoms with E-state index in [4.69, 9.17) is 9.47 Å². The molecule has 1 aliphatic rings. The first kappa shape index (κ1) is 25.7. The van der Waals surface area contributed by atoms with Gasteiger partial charge in [-0.2, -0.15) is 0 Å². The van der Waals surface area contributed by atoms with Gasteiger partial charge in [0, 0.05) is 29.2 Å². The number of allylic oxidation sites excluding steroid dienone is 2. The molecule has 3 rings (SSSR count). The molecule has 184 valence electrons. The van der Waals surface area contributed by atoms with Crippen molar-refractivity contribution in [2.45, 2.75) is 47.5 Å². The number of nitrogens with zero attached hydrogens (tertiary/aromatic N) is 2. The first-order valence-corrected chi connectivity index (χ1v) is 11.5. The zero-order valence-electron chi connectivity index (χ0n) is 20.9. The van der Waals surface area contributed by atoms with Crippen LogP contribution in [0.1, 0.15) is 50.3 Å². The largest absolute Gasteiger partial charge is 0.463 e. The predicted molar refractivity (Wildman–Crippen MR) is 133 cm³/mol. The van der Waals surface area contributed by atoms with Crippen molar-refractivity contribution < 1.29 is 24.0 Å². The van der Waals surface area contributed by atoms with Crippen LogP contribution in [0.25, 0.3) is 0 Å². The molecule has 8 heteroatoms. The quantitative estimate of drug-likeness (QED) is 0.295. The lowest BCUT2D eigenvalue weighted by atomic mass is 9.79. The van der Waals surface area contributed by atoms with Crippen LogP contribution in [-0.2, 0) is 19.1 Å². The smallest absolute Gasteiger partial charge is 0.336 e. The van der Waals surface area contributed by atoms with Crippen LogP contribution in [-0.4, -0.2) is 30.1 Å². The maximum absolute atomic E-state index is 13.3. The summed E-state index contributed by atoms with van der Waals surface area (Å²) in [6.07, 6.45) is 0. The van der Waals surface area contributed by atoms with E-state index in [0.29, 0.717) is 17.0 Å². The van der Waals surface area contributed by atoms with E-state index in [0.717, 1.165) is 16.8 Å². The summed E-state index contributed by atoms with van der Waals surface area (Å²) in [6.45, 7) is 11.2. The Kier molecular flexibility index (Phi) is 7.74. The normalized spacial score (nSPS) is 14.3. The van der Waals surface area contributed by atoms with Gasteiger partial charge in [-0.1, -0.05) is 18.2 Å². The molecule has 1 aliphatic heterocycles. The summed E-state index contributed by atoms with van der Waals surface area (Å²) in [5.41, 5.74) is 4.77. The molecule has 0 spiro atoms. The van der Waals surface area contributed by atoms with Gasteiger partial charge in [0.05, 0.1) is 35.2 Å². The van der Waals surface area contributed by atoms with E-state index in [1.165, 1.54) is 12.1 Å². The first-order chi connectivity index (χ1) is 16.6. The molecule has 8 nitrogen and oxygen atoms in total. The number of nitro groups is 1. The van der Waals surface area contributed by atoms with E-state index >= 15 is 0 Å². The molecular weight excluding hydrogens is 448 g/mol. The molecule has 0 radical (unpaired) electrons. The highest BCUT2D eigenvalue weighted by atomic mass is 16.6. The molecule has 0 saturated carbocycles. The molecule has 0 unspecified atom stereocenters. The Balaban J connectivity index is 2.38. The number of rotatable bonds is 7. The Morgan fingerprint density at radius 3 is 1.86 bits per heavy atom. The third-order valence-electron chi connectivity index (χ3n) is 5.90. The molecule has 0 N–H and O–H groups in total. The van der Waals surface area contributed by atoms with Gasteiger partial charge in [-0.3, -0.25) is 10.1 Å². The summed E-state index contributed by atoms with van der Waals surface area (Å²) in [4.78, 5) is 39.5. The number of hydrogen-bond acceptors (Lipinski definition) is 7. The summed E-state index contributed by atoms with van der Waals surface area (Å²) in [7, 11) is 0. The van der Waals surface area contributed by atoms with Gasteiger partial charge in [0.1, 0.15) is 0 Å². The molecule has 2 aromatic rings. The molecule has 0 amide bonds. The highest BCUT2D eigenvalue weighted by Crippen LogP contribution is 2.45. The third-order valence-corrected chi connectivity index (χ3v) is 5.90. The molecule has 0 aliphatic carbocycles. The molecule has 0 bridgehead atoms. The van der Waals surface area contributed by atoms with Crippen LogP contribution in [0.5, 0.6) is 0 Å². The minimum absolute atomic E-state index is 0.137. The lowest BCUT2D eigenvalue weighted by Gasteiger charge is -2.38. The number of ether oxygens (including phenoxy) is 2. The molecule has 0 atom stereocenters. The fourth-order valence-corrected chi connectivity index (χ4v) is 4.62. The van der Waals surface area contributed by atoms with Crippen molar-refractivity contribution in [1.82, 2.24) is 0 Å². The van der Waals surface area contributed by atoms with E-state index in [1.54, 1.807) is 39.8 Å². The summed E-state index contributed by atoms with van der Waals surface area (Å²) < 4.78 is 10.8. The van der Waals surface area contributed by atoms with Crippen LogP contribution in [0.15, 0.2) is 65.0 Å². The maximum Gasteiger partial charge on any atom is 0.336 e. The van der Waals surface area contributed by atoms with Crippen LogP contribution in [0, 0.1) is 24.0 Å². The van der Waals surface area contributed by atoms with Crippen molar-refractivity contribution in [3.05, 3.63) is 91.8 Å². The van der Waals surface area contributed by atoms with Gasteiger partial charge >= 0.3 is 11.9 Å². The Hall–Kier alpha value is -3.94. The molecule has 0 fully saturated rings. The highest BCUT2D eigenvalue weighted by molar-refractivity contribution is 6.01. The average Bonchev–Trinajstić information content (AvgIpc) is 2.78. The Bertz CT molecular complexity index is 1180. The number of non-ortho nitro benzene ring substituents is 1. The summed E-state index contributed by atoms with van der Waals surface area (Å²) in [5.74, 6) is -2.08. The fourth-order valence-electron chi connectivity index (χ4n) is 4.62. The van der Waals surface area contributed by atoms with Gasteiger partial charge < -0.3 is 14.4 Å². The Morgan fingerprint density at radius 2 is 1.40 bits per heavy atom. The second-order valence-corrected chi connectivity index (χ2v) is 8.41. The molecule has 35 heavy (non-hydrogen) atoms. The van der Waals surface area contributed by atoms with Crippen LogP contribution in [0.4, 0.5) is 11.4 Å². The van der Waals surface area contributed by atoms with Crippen molar-refractivity contribution in [2.24, 2.45) is 0 Å². The minimum atomic E-state index is -0.893. The monoisotopic (exact) mass is 478 g/mol. The fraction of sp³-hybridized carbons (Fsp3) is 0.333. The number of esters is 2. The van der Waals surface area contributed by atoms with Crippen molar-refractivity contribution in [1.29, 1.82) is 0 Å². The van der Waals surface area contributed by atoms with Crippen LogP contribution in [0.2, 0.25) is 0 Å². The molecule has 1 heterocycles. The lowest BCUT2D eigenvalue weighted by Crippen LogP contribution is -2.35. The van der Waals surface area contributed by atoms with Crippen LogP contribution >= 0.6 is 0 Å². The molecule has 2 aromatic carbocycles. The zero-order chi connectivity index (χ0) is 25.9. The second kappa shape index (κ2) is 10.5. The number of nitro benzene ring substituents is 1. The summed E-state index contributed by atoms with van der Waals surface area (Å²) in [5, 5.41) is 11.5. The van der Waals surface area contributed by atoms with Gasteiger partial charge in [-0.15, -0.1) is 0 Å². The average molecular weight is 479 g/mol. The topological polar surface area (TPSA) is 99.0 Å². The van der Waals surface area contributed by atoms with Gasteiger partial charge in [-0.25, -0.2) is 9.59 Å². The number of anilines is 1. The molecule has 0 aromatic heterocycles. The van der Waals surface area contributed by atoms with Crippen molar-refractivity contribution >= 4 is 23.3 Å². The SMILES string of the molecule is CCOC(=O)C1=C(C)N(c2cc(C)cc(C)c2)C(C)=C(C(=O)OCC)C1c1cccc([N+](=O)[O-])c1. The van der Waals surface area contributed by atoms with E-state index in [-0.39, 0.29) is 30.0 Å². The standard InChI is InChI=1S/C27H30N2O6/c1-7-34-26(30)23-18(5)28(22-13-16(3)12-17(4)14-22)19(6)24(27(31)35-8-2)25(23)20-10-9-11-21(15-20)29(32)33/h9-15,25H,7-8H2,1-6H3. The van der Waals surface area contributed by atoms with E-state index < -0.39 is 22.8 Å². The summed E-state index contributed by atoms with van der Waals surface area (Å²) >= 11 is 0. The van der Waals surface area contributed by atoms with Crippen molar-refractivity contribution in [3.63, 3.8) is 0 Å². The van der Waals surface area contributed by atoms with Crippen LogP contribution < -0.4 is 4.90 Å². The number of hydrogen-bond donors (Lipinski definition) is 0. The van der Waals surface area contributed by atoms with Crippen LogP contribution in [0.3, 0.4) is 0 Å².